The van der Waals surface area contributed by atoms with Crippen LogP contribution in [-0.4, -0.2) is 22.4 Å². The fourth-order valence-electron chi connectivity index (χ4n) is 1.59. The van der Waals surface area contributed by atoms with Crippen molar-refractivity contribution in [1.82, 2.24) is 9.55 Å². The number of carbonyl (C=O) groups is 1. The third kappa shape index (κ3) is 2.85. The van der Waals surface area contributed by atoms with Crippen LogP contribution in [0.5, 0.6) is 5.75 Å². The van der Waals surface area contributed by atoms with Crippen molar-refractivity contribution >= 4 is 5.78 Å². The van der Waals surface area contributed by atoms with Gasteiger partial charge in [-0.2, -0.15) is 0 Å². The predicted molar refractivity (Wildman–Crippen MR) is 65.8 cm³/mol. The van der Waals surface area contributed by atoms with Gasteiger partial charge in [0.2, 0.25) is 0 Å². The van der Waals surface area contributed by atoms with Crippen molar-refractivity contribution in [1.29, 1.82) is 0 Å². The van der Waals surface area contributed by atoms with Crippen LogP contribution in [0.25, 0.3) is 0 Å². The molecule has 2 rings (SSSR count). The zero-order valence-corrected chi connectivity index (χ0v) is 10.2. The standard InChI is InChI=1S/C13H11FN2O3/c1-19-12-4-3-9(7-10(12)14)11(17)8-16-6-2-5-15-13(16)18/h2-7H,8H2,1H3. The molecule has 1 aromatic heterocycles. The van der Waals surface area contributed by atoms with E-state index in [9.17, 15) is 14.0 Å². The number of hydrogen-bond acceptors (Lipinski definition) is 4. The van der Waals surface area contributed by atoms with Crippen LogP contribution in [-0.2, 0) is 6.54 Å². The first-order valence-electron chi connectivity index (χ1n) is 5.50. The Morgan fingerprint density at radius 1 is 1.47 bits per heavy atom. The minimum Gasteiger partial charge on any atom is -0.494 e. The van der Waals surface area contributed by atoms with E-state index < -0.39 is 11.5 Å². The first-order valence-corrected chi connectivity index (χ1v) is 5.50. The minimum atomic E-state index is -0.619. The number of ketones is 1. The summed E-state index contributed by atoms with van der Waals surface area (Å²) >= 11 is 0. The van der Waals surface area contributed by atoms with Crippen molar-refractivity contribution in [2.24, 2.45) is 0 Å². The molecule has 1 aromatic carbocycles. The van der Waals surface area contributed by atoms with Crippen molar-refractivity contribution in [3.8, 4) is 5.75 Å². The van der Waals surface area contributed by atoms with Gasteiger partial charge in [0.05, 0.1) is 13.7 Å². The summed E-state index contributed by atoms with van der Waals surface area (Å²) in [6.07, 6.45) is 2.80. The Balaban J connectivity index is 2.23. The monoisotopic (exact) mass is 262 g/mol. The Bertz CT molecular complexity index is 667. The number of hydrogen-bond donors (Lipinski definition) is 0. The molecule has 0 aliphatic rings. The van der Waals surface area contributed by atoms with Gasteiger partial charge in [-0.15, -0.1) is 0 Å². The molecule has 2 aromatic rings. The van der Waals surface area contributed by atoms with E-state index in [1.807, 2.05) is 0 Å². The summed E-state index contributed by atoms with van der Waals surface area (Å²) in [4.78, 5) is 26.8. The molecule has 0 N–H and O–H groups in total. The third-order valence-corrected chi connectivity index (χ3v) is 2.57. The Kier molecular flexibility index (Phi) is 3.70. The Hall–Kier alpha value is -2.50. The molecule has 6 heteroatoms. The molecule has 0 unspecified atom stereocenters. The molecular weight excluding hydrogens is 251 g/mol. The van der Waals surface area contributed by atoms with Gasteiger partial charge in [0.25, 0.3) is 0 Å². The normalized spacial score (nSPS) is 10.2. The molecule has 5 nitrogen and oxygen atoms in total. The molecule has 19 heavy (non-hydrogen) atoms. The van der Waals surface area contributed by atoms with Gasteiger partial charge in [-0.3, -0.25) is 9.36 Å². The average Bonchev–Trinajstić information content (AvgIpc) is 2.41. The van der Waals surface area contributed by atoms with Gasteiger partial charge in [0, 0.05) is 18.0 Å². The first-order chi connectivity index (χ1) is 9.11. The lowest BCUT2D eigenvalue weighted by atomic mass is 10.1. The molecular formula is C13H11FN2O3. The lowest BCUT2D eigenvalue weighted by Gasteiger charge is -2.06. The lowest BCUT2D eigenvalue weighted by molar-refractivity contribution is 0.0969. The van der Waals surface area contributed by atoms with Gasteiger partial charge in [0.1, 0.15) is 0 Å². The van der Waals surface area contributed by atoms with Crippen LogP contribution in [0.4, 0.5) is 4.39 Å². The second kappa shape index (κ2) is 5.43. The molecule has 0 aliphatic heterocycles. The highest BCUT2D eigenvalue weighted by Gasteiger charge is 2.11. The molecule has 98 valence electrons. The summed E-state index contributed by atoms with van der Waals surface area (Å²) < 4.78 is 19.4. The fourth-order valence-corrected chi connectivity index (χ4v) is 1.59. The molecule has 0 aliphatic carbocycles. The maximum absolute atomic E-state index is 13.5. The van der Waals surface area contributed by atoms with E-state index in [0.717, 1.165) is 10.6 Å². The first kappa shape index (κ1) is 12.9. The number of benzene rings is 1. The molecule has 0 radical (unpaired) electrons. The Morgan fingerprint density at radius 3 is 2.89 bits per heavy atom. The highest BCUT2D eigenvalue weighted by molar-refractivity contribution is 5.96. The summed E-state index contributed by atoms with van der Waals surface area (Å²) in [6.45, 7) is -0.182. The average molecular weight is 262 g/mol. The smallest absolute Gasteiger partial charge is 0.347 e. The largest absolute Gasteiger partial charge is 0.494 e. The predicted octanol–water partition coefficient (Wildman–Crippen LogP) is 1.27. The van der Waals surface area contributed by atoms with Crippen molar-refractivity contribution < 1.29 is 13.9 Å². The maximum Gasteiger partial charge on any atom is 0.347 e. The van der Waals surface area contributed by atoms with Crippen LogP contribution in [0.15, 0.2) is 41.5 Å². The van der Waals surface area contributed by atoms with E-state index in [1.165, 1.54) is 31.6 Å². The SMILES string of the molecule is COc1ccc(C(=O)Cn2cccnc2=O)cc1F. The molecule has 0 atom stereocenters. The topological polar surface area (TPSA) is 61.2 Å². The van der Waals surface area contributed by atoms with E-state index in [-0.39, 0.29) is 23.6 Å². The zero-order valence-electron chi connectivity index (χ0n) is 10.2. The van der Waals surface area contributed by atoms with Gasteiger partial charge < -0.3 is 4.74 Å². The van der Waals surface area contributed by atoms with E-state index in [4.69, 9.17) is 4.74 Å². The third-order valence-electron chi connectivity index (χ3n) is 2.57. The van der Waals surface area contributed by atoms with Crippen molar-refractivity contribution in [2.75, 3.05) is 7.11 Å². The molecule has 0 fully saturated rings. The van der Waals surface area contributed by atoms with Crippen LogP contribution in [0.2, 0.25) is 0 Å². The van der Waals surface area contributed by atoms with Crippen LogP contribution in [0.1, 0.15) is 10.4 Å². The second-order valence-electron chi connectivity index (χ2n) is 3.80. The van der Waals surface area contributed by atoms with Gasteiger partial charge in [-0.1, -0.05) is 0 Å². The van der Waals surface area contributed by atoms with Crippen molar-refractivity contribution in [3.63, 3.8) is 0 Å². The summed E-state index contributed by atoms with van der Waals surface area (Å²) in [5.41, 5.74) is -0.348. The maximum atomic E-state index is 13.5. The number of nitrogens with zero attached hydrogens (tertiary/aromatic N) is 2. The van der Waals surface area contributed by atoms with E-state index >= 15 is 0 Å². The van der Waals surface area contributed by atoms with Crippen LogP contribution in [0.3, 0.4) is 0 Å². The molecule has 0 saturated heterocycles. The Morgan fingerprint density at radius 2 is 2.26 bits per heavy atom. The van der Waals surface area contributed by atoms with E-state index in [2.05, 4.69) is 4.98 Å². The fraction of sp³-hybridized carbons (Fsp3) is 0.154. The summed E-state index contributed by atoms with van der Waals surface area (Å²) in [7, 11) is 1.34. The molecule has 0 spiro atoms. The lowest BCUT2D eigenvalue weighted by Crippen LogP contribution is -2.25. The van der Waals surface area contributed by atoms with Gasteiger partial charge in [0.15, 0.2) is 17.3 Å². The molecule has 0 bridgehead atoms. The van der Waals surface area contributed by atoms with Gasteiger partial charge >= 0.3 is 5.69 Å². The van der Waals surface area contributed by atoms with E-state index in [0.29, 0.717) is 0 Å². The number of halogens is 1. The van der Waals surface area contributed by atoms with Crippen LogP contribution in [0, 0.1) is 5.82 Å². The van der Waals surface area contributed by atoms with Crippen LogP contribution >= 0.6 is 0 Å². The number of rotatable bonds is 4. The number of carbonyl (C=O) groups excluding carboxylic acids is 1. The van der Waals surface area contributed by atoms with Crippen molar-refractivity contribution in [2.45, 2.75) is 6.54 Å². The van der Waals surface area contributed by atoms with E-state index in [1.54, 1.807) is 6.07 Å². The number of Topliss-reactive ketones (excluding diaryl/α,β-unsaturated/α-hetero) is 1. The second-order valence-corrected chi connectivity index (χ2v) is 3.80. The molecule has 0 amide bonds. The van der Waals surface area contributed by atoms with Crippen molar-refractivity contribution in [3.05, 3.63) is 58.5 Å². The minimum absolute atomic E-state index is 0.0649. The summed E-state index contributed by atoms with van der Waals surface area (Å²) in [5, 5.41) is 0. The number of aromatic nitrogens is 2. The number of ether oxygens (including phenoxy) is 1. The Labute approximate surface area is 108 Å². The summed E-state index contributed by atoms with van der Waals surface area (Å²) in [6, 6.07) is 5.45. The summed E-state index contributed by atoms with van der Waals surface area (Å²) in [5.74, 6) is -0.932. The highest BCUT2D eigenvalue weighted by Crippen LogP contribution is 2.18. The molecule has 0 saturated carbocycles. The highest BCUT2D eigenvalue weighted by atomic mass is 19.1. The number of methoxy groups -OCH3 is 1. The molecule has 1 heterocycles. The van der Waals surface area contributed by atoms with Gasteiger partial charge in [-0.05, 0) is 24.3 Å². The quantitative estimate of drug-likeness (QED) is 0.778. The van der Waals surface area contributed by atoms with Crippen LogP contribution < -0.4 is 10.4 Å². The zero-order chi connectivity index (χ0) is 13.8. The van der Waals surface area contributed by atoms with Gasteiger partial charge in [-0.25, -0.2) is 14.2 Å².